The second-order valence-electron chi connectivity index (χ2n) is 5.27. The Labute approximate surface area is 121 Å². The van der Waals surface area contributed by atoms with E-state index in [-0.39, 0.29) is 0 Å². The van der Waals surface area contributed by atoms with Gasteiger partial charge in [0.25, 0.3) is 0 Å². The Morgan fingerprint density at radius 2 is 2.20 bits per heavy atom. The summed E-state index contributed by atoms with van der Waals surface area (Å²) in [5.74, 6) is 0. The van der Waals surface area contributed by atoms with Crippen molar-refractivity contribution < 1.29 is 9.47 Å². The highest BCUT2D eigenvalue weighted by atomic mass is 16.5. The highest BCUT2D eigenvalue weighted by molar-refractivity contribution is 5.46. The van der Waals surface area contributed by atoms with Gasteiger partial charge in [-0.2, -0.15) is 0 Å². The smallest absolute Gasteiger partial charge is 0.0718 e. The predicted molar refractivity (Wildman–Crippen MR) is 82.1 cm³/mol. The monoisotopic (exact) mass is 278 g/mol. The molecule has 0 spiro atoms. The maximum absolute atomic E-state index is 5.56. The second kappa shape index (κ2) is 8.95. The van der Waals surface area contributed by atoms with Crippen molar-refractivity contribution in [2.45, 2.75) is 31.9 Å². The summed E-state index contributed by atoms with van der Waals surface area (Å²) in [4.78, 5) is 0. The van der Waals surface area contributed by atoms with Crippen LogP contribution in [0.2, 0.25) is 0 Å². The number of benzene rings is 1. The SMILES string of the molecule is COCCOCc1cccc(NC2CCCNCC2)c1. The first-order valence-electron chi connectivity index (χ1n) is 7.51. The second-order valence-corrected chi connectivity index (χ2v) is 5.27. The molecule has 0 aliphatic carbocycles. The van der Waals surface area contributed by atoms with Gasteiger partial charge in [-0.3, -0.25) is 0 Å². The van der Waals surface area contributed by atoms with Crippen LogP contribution in [-0.4, -0.2) is 39.5 Å². The summed E-state index contributed by atoms with van der Waals surface area (Å²) in [6.07, 6.45) is 3.67. The van der Waals surface area contributed by atoms with Crippen LogP contribution in [0.4, 0.5) is 5.69 Å². The minimum atomic E-state index is 0.578. The molecule has 1 atom stereocenters. The average Bonchev–Trinajstić information content (AvgIpc) is 2.73. The van der Waals surface area contributed by atoms with E-state index in [4.69, 9.17) is 9.47 Å². The first kappa shape index (κ1) is 15.3. The van der Waals surface area contributed by atoms with Crippen LogP contribution in [0.5, 0.6) is 0 Å². The Kier molecular flexibility index (Phi) is 6.84. The van der Waals surface area contributed by atoms with Gasteiger partial charge in [-0.15, -0.1) is 0 Å². The maximum atomic E-state index is 5.56. The van der Waals surface area contributed by atoms with Gasteiger partial charge in [-0.05, 0) is 50.0 Å². The Hall–Kier alpha value is -1.10. The molecular formula is C16H26N2O2. The molecule has 2 N–H and O–H groups in total. The predicted octanol–water partition coefficient (Wildman–Crippen LogP) is 2.40. The van der Waals surface area contributed by atoms with Gasteiger partial charge in [0.15, 0.2) is 0 Å². The standard InChI is InChI=1S/C16H26N2O2/c1-19-10-11-20-13-14-4-2-5-16(12-14)18-15-6-3-8-17-9-7-15/h2,4-5,12,15,17-18H,3,6-11,13H2,1H3. The first-order chi connectivity index (χ1) is 9.88. The number of ether oxygens (including phenoxy) is 2. The highest BCUT2D eigenvalue weighted by Crippen LogP contribution is 2.16. The molecule has 0 radical (unpaired) electrons. The van der Waals surface area contributed by atoms with Gasteiger partial charge in [-0.1, -0.05) is 12.1 Å². The van der Waals surface area contributed by atoms with E-state index in [1.807, 2.05) is 0 Å². The van der Waals surface area contributed by atoms with Crippen molar-refractivity contribution in [1.29, 1.82) is 0 Å². The van der Waals surface area contributed by atoms with Gasteiger partial charge in [0, 0.05) is 18.8 Å². The molecule has 1 saturated heterocycles. The van der Waals surface area contributed by atoms with Crippen molar-refractivity contribution in [2.75, 3.05) is 38.7 Å². The molecule has 1 unspecified atom stereocenters. The average molecular weight is 278 g/mol. The van der Waals surface area contributed by atoms with Crippen molar-refractivity contribution in [1.82, 2.24) is 5.32 Å². The van der Waals surface area contributed by atoms with Crippen LogP contribution >= 0.6 is 0 Å². The Balaban J connectivity index is 1.81. The lowest BCUT2D eigenvalue weighted by atomic mass is 10.1. The van der Waals surface area contributed by atoms with Crippen molar-refractivity contribution in [3.05, 3.63) is 29.8 Å². The lowest BCUT2D eigenvalue weighted by Gasteiger charge is -2.18. The Morgan fingerprint density at radius 3 is 3.10 bits per heavy atom. The quantitative estimate of drug-likeness (QED) is 0.752. The van der Waals surface area contributed by atoms with Crippen LogP contribution in [-0.2, 0) is 16.1 Å². The summed E-state index contributed by atoms with van der Waals surface area (Å²) in [5, 5.41) is 7.08. The van der Waals surface area contributed by atoms with E-state index in [9.17, 15) is 0 Å². The third-order valence-corrected chi connectivity index (χ3v) is 3.57. The molecule has 4 nitrogen and oxygen atoms in total. The molecule has 0 saturated carbocycles. The first-order valence-corrected chi connectivity index (χ1v) is 7.51. The van der Waals surface area contributed by atoms with Crippen LogP contribution in [0.15, 0.2) is 24.3 Å². The zero-order valence-corrected chi connectivity index (χ0v) is 12.4. The van der Waals surface area contributed by atoms with E-state index in [1.54, 1.807) is 7.11 Å². The third kappa shape index (κ3) is 5.49. The Morgan fingerprint density at radius 1 is 1.25 bits per heavy atom. The molecule has 0 bridgehead atoms. The molecule has 1 heterocycles. The molecule has 1 aromatic rings. The van der Waals surface area contributed by atoms with Gasteiger partial charge < -0.3 is 20.1 Å². The van der Waals surface area contributed by atoms with Crippen molar-refractivity contribution in [2.24, 2.45) is 0 Å². The number of methoxy groups -OCH3 is 1. The minimum Gasteiger partial charge on any atom is -0.382 e. The van der Waals surface area contributed by atoms with Crippen LogP contribution in [0.3, 0.4) is 0 Å². The lowest BCUT2D eigenvalue weighted by molar-refractivity contribution is 0.0617. The summed E-state index contributed by atoms with van der Waals surface area (Å²) in [7, 11) is 1.69. The number of hydrogen-bond acceptors (Lipinski definition) is 4. The van der Waals surface area contributed by atoms with Gasteiger partial charge in [0.05, 0.1) is 19.8 Å². The van der Waals surface area contributed by atoms with E-state index in [2.05, 4.69) is 34.9 Å². The minimum absolute atomic E-state index is 0.578. The van der Waals surface area contributed by atoms with Gasteiger partial charge >= 0.3 is 0 Å². The van der Waals surface area contributed by atoms with Gasteiger partial charge in [-0.25, -0.2) is 0 Å². The van der Waals surface area contributed by atoms with E-state index >= 15 is 0 Å². The largest absolute Gasteiger partial charge is 0.382 e. The summed E-state index contributed by atoms with van der Waals surface area (Å²) in [5.41, 5.74) is 2.41. The molecule has 0 aromatic heterocycles. The molecule has 1 aromatic carbocycles. The summed E-state index contributed by atoms with van der Waals surface area (Å²) in [6.45, 7) is 4.18. The number of rotatable bonds is 7. The molecule has 1 aliphatic rings. The van der Waals surface area contributed by atoms with Gasteiger partial charge in [0.1, 0.15) is 0 Å². The lowest BCUT2D eigenvalue weighted by Crippen LogP contribution is -2.21. The van der Waals surface area contributed by atoms with Gasteiger partial charge in [0.2, 0.25) is 0 Å². The molecule has 20 heavy (non-hydrogen) atoms. The van der Waals surface area contributed by atoms with E-state index in [1.165, 1.54) is 30.5 Å². The van der Waals surface area contributed by atoms with E-state index in [0.717, 1.165) is 13.1 Å². The topological polar surface area (TPSA) is 42.5 Å². The fraction of sp³-hybridized carbons (Fsp3) is 0.625. The van der Waals surface area contributed by atoms with Crippen LogP contribution < -0.4 is 10.6 Å². The summed E-state index contributed by atoms with van der Waals surface area (Å²) >= 11 is 0. The van der Waals surface area contributed by atoms with Crippen LogP contribution in [0.1, 0.15) is 24.8 Å². The fourth-order valence-electron chi connectivity index (χ4n) is 2.48. The number of nitrogens with one attached hydrogen (secondary N) is 2. The number of anilines is 1. The zero-order chi connectivity index (χ0) is 14.0. The molecular weight excluding hydrogens is 252 g/mol. The summed E-state index contributed by atoms with van der Waals surface area (Å²) < 4.78 is 10.5. The van der Waals surface area contributed by atoms with Crippen molar-refractivity contribution in [3.63, 3.8) is 0 Å². The van der Waals surface area contributed by atoms with Crippen LogP contribution in [0, 0.1) is 0 Å². The Bertz CT molecular complexity index is 376. The molecule has 1 fully saturated rings. The summed E-state index contributed by atoms with van der Waals surface area (Å²) in [6, 6.07) is 9.09. The highest BCUT2D eigenvalue weighted by Gasteiger charge is 2.11. The third-order valence-electron chi connectivity index (χ3n) is 3.57. The molecule has 1 aliphatic heterocycles. The zero-order valence-electron chi connectivity index (χ0n) is 12.4. The number of hydrogen-bond donors (Lipinski definition) is 2. The molecule has 0 amide bonds. The van der Waals surface area contributed by atoms with E-state index < -0.39 is 0 Å². The fourth-order valence-corrected chi connectivity index (χ4v) is 2.48. The van der Waals surface area contributed by atoms with Crippen molar-refractivity contribution in [3.8, 4) is 0 Å². The van der Waals surface area contributed by atoms with Crippen molar-refractivity contribution >= 4 is 5.69 Å². The molecule has 2 rings (SSSR count). The molecule has 112 valence electrons. The molecule has 4 heteroatoms. The normalized spacial score (nSPS) is 19.6. The maximum Gasteiger partial charge on any atom is 0.0718 e. The van der Waals surface area contributed by atoms with Crippen LogP contribution in [0.25, 0.3) is 0 Å². The van der Waals surface area contributed by atoms with E-state index in [0.29, 0.717) is 25.9 Å².